The Balaban J connectivity index is 2.18. The zero-order chi connectivity index (χ0) is 14.5. The van der Waals surface area contributed by atoms with Crippen molar-refractivity contribution in [2.75, 3.05) is 17.7 Å². The molecule has 2 aromatic rings. The first kappa shape index (κ1) is 14.1. The summed E-state index contributed by atoms with van der Waals surface area (Å²) >= 11 is 1.08. The van der Waals surface area contributed by atoms with Gasteiger partial charge in [-0.1, -0.05) is 11.3 Å². The predicted molar refractivity (Wildman–Crippen MR) is 76.9 cm³/mol. The van der Waals surface area contributed by atoms with E-state index in [9.17, 15) is 9.59 Å². The molecule has 0 aliphatic rings. The standard InChI is InChI=1S/C12H14N4O3S/c1-2-19-11(17)9-3-7(13)4-14-10(9)15-5-8-6-20-12(18)16-8/h3-4,6H,2,5,13H2,1H3,(H,14,15)(H,16,18). The Morgan fingerprint density at radius 3 is 3.05 bits per heavy atom. The van der Waals surface area contributed by atoms with E-state index in [-0.39, 0.29) is 17.0 Å². The Kier molecular flexibility index (Phi) is 4.36. The number of hydrogen-bond donors (Lipinski definition) is 3. The summed E-state index contributed by atoms with van der Waals surface area (Å²) in [5, 5.41) is 4.68. The van der Waals surface area contributed by atoms with Crippen molar-refractivity contribution in [3.8, 4) is 0 Å². The van der Waals surface area contributed by atoms with E-state index in [1.807, 2.05) is 0 Å². The van der Waals surface area contributed by atoms with Gasteiger partial charge in [0.1, 0.15) is 11.4 Å². The molecule has 0 unspecified atom stereocenters. The molecule has 8 heteroatoms. The highest BCUT2D eigenvalue weighted by Gasteiger charge is 2.14. The first-order valence-electron chi connectivity index (χ1n) is 5.93. The molecule has 0 saturated carbocycles. The highest BCUT2D eigenvalue weighted by atomic mass is 32.1. The minimum atomic E-state index is -0.492. The number of hydrogen-bond acceptors (Lipinski definition) is 7. The monoisotopic (exact) mass is 294 g/mol. The summed E-state index contributed by atoms with van der Waals surface area (Å²) in [7, 11) is 0. The molecule has 4 N–H and O–H groups in total. The molecule has 2 rings (SSSR count). The Morgan fingerprint density at radius 2 is 2.40 bits per heavy atom. The maximum Gasteiger partial charge on any atom is 0.341 e. The van der Waals surface area contributed by atoms with Crippen molar-refractivity contribution in [1.82, 2.24) is 9.97 Å². The van der Waals surface area contributed by atoms with Crippen LogP contribution < -0.4 is 15.9 Å². The SMILES string of the molecule is CCOC(=O)c1cc(N)cnc1NCc1csc(=O)[nH]1. The fraction of sp³-hybridized carbons (Fsp3) is 0.250. The molecule has 0 spiro atoms. The number of thiazole rings is 1. The van der Waals surface area contributed by atoms with Crippen molar-refractivity contribution in [3.63, 3.8) is 0 Å². The number of carbonyl (C=O) groups is 1. The summed E-state index contributed by atoms with van der Waals surface area (Å²) in [5.74, 6) is -0.127. The van der Waals surface area contributed by atoms with Gasteiger partial charge in [0.25, 0.3) is 0 Å². The minimum absolute atomic E-state index is 0.127. The summed E-state index contributed by atoms with van der Waals surface area (Å²) in [6.45, 7) is 2.34. The van der Waals surface area contributed by atoms with Crippen LogP contribution in [0.1, 0.15) is 23.0 Å². The predicted octanol–water partition coefficient (Wildman–Crippen LogP) is 1.20. The Bertz CT molecular complexity index is 665. The number of anilines is 2. The van der Waals surface area contributed by atoms with Crippen molar-refractivity contribution in [1.29, 1.82) is 0 Å². The summed E-state index contributed by atoms with van der Waals surface area (Å²) in [4.78, 5) is 29.5. The fourth-order valence-corrected chi connectivity index (χ4v) is 2.15. The van der Waals surface area contributed by atoms with E-state index in [2.05, 4.69) is 15.3 Å². The number of carbonyl (C=O) groups excluding carboxylic acids is 1. The van der Waals surface area contributed by atoms with Gasteiger partial charge < -0.3 is 20.8 Å². The molecule has 0 saturated heterocycles. The average Bonchev–Trinajstić information content (AvgIpc) is 2.83. The van der Waals surface area contributed by atoms with E-state index in [1.54, 1.807) is 12.3 Å². The van der Waals surface area contributed by atoms with Gasteiger partial charge in [-0.3, -0.25) is 4.79 Å². The Labute approximate surface area is 118 Å². The topological polar surface area (TPSA) is 110 Å². The number of aromatic nitrogens is 2. The zero-order valence-electron chi connectivity index (χ0n) is 10.8. The van der Waals surface area contributed by atoms with Gasteiger partial charge in [-0.15, -0.1) is 0 Å². The number of rotatable bonds is 5. The van der Waals surface area contributed by atoms with Crippen LogP contribution in [0.4, 0.5) is 11.5 Å². The van der Waals surface area contributed by atoms with E-state index < -0.39 is 5.97 Å². The van der Waals surface area contributed by atoms with E-state index in [4.69, 9.17) is 10.5 Å². The Morgan fingerprint density at radius 1 is 1.60 bits per heavy atom. The summed E-state index contributed by atoms with van der Waals surface area (Å²) in [6.07, 6.45) is 1.45. The van der Waals surface area contributed by atoms with Crippen LogP contribution in [0.3, 0.4) is 0 Å². The third kappa shape index (κ3) is 3.35. The number of ether oxygens (including phenoxy) is 1. The van der Waals surface area contributed by atoms with Crippen LogP contribution in [-0.4, -0.2) is 22.5 Å². The van der Waals surface area contributed by atoms with Crippen LogP contribution in [0.15, 0.2) is 22.4 Å². The van der Waals surface area contributed by atoms with E-state index in [0.717, 1.165) is 11.3 Å². The van der Waals surface area contributed by atoms with Gasteiger partial charge in [0.2, 0.25) is 0 Å². The van der Waals surface area contributed by atoms with Gasteiger partial charge in [-0.05, 0) is 13.0 Å². The van der Waals surface area contributed by atoms with Gasteiger partial charge in [0.05, 0.1) is 25.0 Å². The molecule has 0 bridgehead atoms. The molecule has 106 valence electrons. The van der Waals surface area contributed by atoms with Crippen molar-refractivity contribution >= 4 is 28.8 Å². The second-order valence-electron chi connectivity index (χ2n) is 3.91. The summed E-state index contributed by atoms with van der Waals surface area (Å²) in [5.41, 5.74) is 6.99. The first-order valence-corrected chi connectivity index (χ1v) is 6.81. The lowest BCUT2D eigenvalue weighted by molar-refractivity contribution is 0.0527. The molecule has 7 nitrogen and oxygen atoms in total. The molecule has 2 aromatic heterocycles. The molecular formula is C12H14N4O3S. The van der Waals surface area contributed by atoms with Crippen LogP contribution in [0.5, 0.6) is 0 Å². The molecule has 20 heavy (non-hydrogen) atoms. The first-order chi connectivity index (χ1) is 9.60. The highest BCUT2D eigenvalue weighted by molar-refractivity contribution is 7.07. The molecule has 0 fully saturated rings. The molecule has 0 amide bonds. The lowest BCUT2D eigenvalue weighted by Gasteiger charge is -2.10. The van der Waals surface area contributed by atoms with Crippen molar-refractivity contribution in [2.45, 2.75) is 13.5 Å². The Hall–Kier alpha value is -2.35. The van der Waals surface area contributed by atoms with Gasteiger partial charge in [-0.2, -0.15) is 0 Å². The molecule has 0 aliphatic heterocycles. The fourth-order valence-electron chi connectivity index (χ4n) is 1.57. The van der Waals surface area contributed by atoms with Crippen LogP contribution in [0.2, 0.25) is 0 Å². The highest BCUT2D eigenvalue weighted by Crippen LogP contribution is 2.17. The quantitative estimate of drug-likeness (QED) is 0.715. The third-order valence-electron chi connectivity index (χ3n) is 2.42. The minimum Gasteiger partial charge on any atom is -0.462 e. The number of nitrogens with zero attached hydrogens (tertiary/aromatic N) is 1. The number of nitrogens with one attached hydrogen (secondary N) is 2. The molecule has 2 heterocycles. The molecule has 0 radical (unpaired) electrons. The number of esters is 1. The third-order valence-corrected chi connectivity index (χ3v) is 3.14. The van der Waals surface area contributed by atoms with Crippen LogP contribution in [0, 0.1) is 0 Å². The maximum absolute atomic E-state index is 11.8. The van der Waals surface area contributed by atoms with Crippen molar-refractivity contribution in [3.05, 3.63) is 38.6 Å². The smallest absolute Gasteiger partial charge is 0.341 e. The van der Waals surface area contributed by atoms with Gasteiger partial charge in [-0.25, -0.2) is 9.78 Å². The van der Waals surface area contributed by atoms with E-state index in [1.165, 1.54) is 12.3 Å². The normalized spacial score (nSPS) is 10.2. The second kappa shape index (κ2) is 6.20. The van der Waals surface area contributed by atoms with Crippen LogP contribution in [-0.2, 0) is 11.3 Å². The van der Waals surface area contributed by atoms with Crippen LogP contribution >= 0.6 is 11.3 Å². The van der Waals surface area contributed by atoms with Crippen molar-refractivity contribution < 1.29 is 9.53 Å². The largest absolute Gasteiger partial charge is 0.462 e. The summed E-state index contributed by atoms with van der Waals surface area (Å²) in [6, 6.07) is 1.50. The molecule has 0 aliphatic carbocycles. The zero-order valence-corrected chi connectivity index (χ0v) is 11.6. The number of nitrogen functional groups attached to an aromatic ring is 1. The number of pyridine rings is 1. The lowest BCUT2D eigenvalue weighted by atomic mass is 10.2. The van der Waals surface area contributed by atoms with Crippen LogP contribution in [0.25, 0.3) is 0 Å². The number of aromatic amines is 1. The van der Waals surface area contributed by atoms with Crippen molar-refractivity contribution in [2.24, 2.45) is 0 Å². The number of nitrogens with two attached hydrogens (primary N) is 1. The van der Waals surface area contributed by atoms with E-state index >= 15 is 0 Å². The van der Waals surface area contributed by atoms with E-state index in [0.29, 0.717) is 23.7 Å². The molecule has 0 aromatic carbocycles. The summed E-state index contributed by atoms with van der Waals surface area (Å²) < 4.78 is 4.95. The lowest BCUT2D eigenvalue weighted by Crippen LogP contribution is -2.12. The van der Waals surface area contributed by atoms with Gasteiger partial charge >= 0.3 is 10.8 Å². The molecular weight excluding hydrogens is 280 g/mol. The second-order valence-corrected chi connectivity index (χ2v) is 4.75. The van der Waals surface area contributed by atoms with Gasteiger partial charge in [0.15, 0.2) is 0 Å². The average molecular weight is 294 g/mol. The van der Waals surface area contributed by atoms with Gasteiger partial charge in [0, 0.05) is 11.1 Å². The molecule has 0 atom stereocenters. The maximum atomic E-state index is 11.8. The number of H-pyrrole nitrogens is 1.